The van der Waals surface area contributed by atoms with E-state index >= 15 is 0 Å². The van der Waals surface area contributed by atoms with Gasteiger partial charge in [0.25, 0.3) is 0 Å². The van der Waals surface area contributed by atoms with Crippen molar-refractivity contribution >= 4 is 6.08 Å². The number of rotatable bonds is 4. The lowest BCUT2D eigenvalue weighted by molar-refractivity contribution is 0.390. The van der Waals surface area contributed by atoms with E-state index in [0.717, 1.165) is 17.1 Å². The fourth-order valence-electron chi connectivity index (χ4n) is 3.74. The maximum absolute atomic E-state index is 5.69. The van der Waals surface area contributed by atoms with Gasteiger partial charge in [0.2, 0.25) is 0 Å². The predicted molar refractivity (Wildman–Crippen MR) is 77.0 cm³/mol. The molecule has 0 spiro atoms. The third-order valence-corrected chi connectivity index (χ3v) is 4.46. The Morgan fingerprint density at radius 3 is 2.58 bits per heavy atom. The molecule has 0 aromatic heterocycles. The molecule has 1 fully saturated rings. The monoisotopic (exact) mass is 259 g/mol. The first-order valence-electron chi connectivity index (χ1n) is 6.95. The number of ether oxygens (including phenoxy) is 2. The highest BCUT2D eigenvalue weighted by Crippen LogP contribution is 2.59. The quantitative estimate of drug-likeness (QED) is 0.904. The molecule has 2 N–H and O–H groups in total. The van der Waals surface area contributed by atoms with Crippen molar-refractivity contribution in [2.45, 2.75) is 31.1 Å². The second-order valence-corrected chi connectivity index (χ2v) is 5.37. The molecule has 3 nitrogen and oxygen atoms in total. The second-order valence-electron chi connectivity index (χ2n) is 5.37. The zero-order valence-electron chi connectivity index (χ0n) is 11.6. The number of fused-ring (bicyclic) bond motifs is 5. The molecular weight excluding hydrogens is 238 g/mol. The Balaban J connectivity index is 2.19. The fraction of sp³-hybridized carbons (Fsp3) is 0.500. The summed E-state index contributed by atoms with van der Waals surface area (Å²) >= 11 is 0. The van der Waals surface area contributed by atoms with Crippen molar-refractivity contribution in [3.63, 3.8) is 0 Å². The maximum Gasteiger partial charge on any atom is 0.130 e. The van der Waals surface area contributed by atoms with Crippen LogP contribution in [0.5, 0.6) is 11.5 Å². The summed E-state index contributed by atoms with van der Waals surface area (Å²) in [5.41, 5.74) is 9.41. The number of benzene rings is 1. The molecule has 2 unspecified atom stereocenters. The Morgan fingerprint density at radius 1 is 1.21 bits per heavy atom. The van der Waals surface area contributed by atoms with Crippen LogP contribution in [0.3, 0.4) is 0 Å². The van der Waals surface area contributed by atoms with E-state index in [0.29, 0.717) is 18.4 Å². The number of nitrogens with two attached hydrogens (primary N) is 1. The van der Waals surface area contributed by atoms with Crippen LogP contribution >= 0.6 is 0 Å². The van der Waals surface area contributed by atoms with Crippen molar-refractivity contribution < 1.29 is 9.47 Å². The van der Waals surface area contributed by atoms with Crippen molar-refractivity contribution in [1.29, 1.82) is 0 Å². The number of methoxy groups -OCH3 is 2. The molecule has 1 aromatic rings. The van der Waals surface area contributed by atoms with Gasteiger partial charge in [-0.25, -0.2) is 0 Å². The second kappa shape index (κ2) is 4.89. The van der Waals surface area contributed by atoms with Gasteiger partial charge < -0.3 is 15.2 Å². The van der Waals surface area contributed by atoms with Crippen LogP contribution in [-0.4, -0.2) is 20.8 Å². The van der Waals surface area contributed by atoms with Crippen LogP contribution in [0.25, 0.3) is 6.08 Å². The largest absolute Gasteiger partial charge is 0.496 e. The molecule has 0 saturated heterocycles. The van der Waals surface area contributed by atoms with Crippen molar-refractivity contribution in [1.82, 2.24) is 0 Å². The van der Waals surface area contributed by atoms with Crippen molar-refractivity contribution in [2.75, 3.05) is 20.8 Å². The van der Waals surface area contributed by atoms with Crippen LogP contribution in [0.1, 0.15) is 47.8 Å². The molecule has 3 heteroatoms. The Kier molecular flexibility index (Phi) is 3.23. The first-order valence-corrected chi connectivity index (χ1v) is 6.95. The summed E-state index contributed by atoms with van der Waals surface area (Å²) in [7, 11) is 3.51. The Hall–Kier alpha value is -1.48. The minimum atomic E-state index is 0.536. The topological polar surface area (TPSA) is 44.5 Å². The van der Waals surface area contributed by atoms with Gasteiger partial charge in [-0.1, -0.05) is 12.2 Å². The summed E-state index contributed by atoms with van der Waals surface area (Å²) < 4.78 is 11.3. The van der Waals surface area contributed by atoms with Gasteiger partial charge in [-0.05, 0) is 37.2 Å². The average molecular weight is 259 g/mol. The standard InChI is InChI=1S/C16H21NO2/c1-18-13-9-12(4-3-7-17)16(19-2)15-11-6-5-10(8-11)14(13)15/h3-4,9-11H,5-8,17H2,1-2H3/b4-3+. The van der Waals surface area contributed by atoms with Crippen LogP contribution in [0.15, 0.2) is 12.1 Å². The Morgan fingerprint density at radius 2 is 1.95 bits per heavy atom. The van der Waals surface area contributed by atoms with E-state index in [2.05, 4.69) is 6.07 Å². The van der Waals surface area contributed by atoms with E-state index in [1.54, 1.807) is 14.2 Å². The lowest BCUT2D eigenvalue weighted by atomic mass is 9.88. The highest BCUT2D eigenvalue weighted by Gasteiger charge is 2.41. The fourth-order valence-corrected chi connectivity index (χ4v) is 3.74. The highest BCUT2D eigenvalue weighted by molar-refractivity contribution is 5.68. The van der Waals surface area contributed by atoms with E-state index in [-0.39, 0.29) is 0 Å². The van der Waals surface area contributed by atoms with Gasteiger partial charge in [-0.3, -0.25) is 0 Å². The highest BCUT2D eigenvalue weighted by atomic mass is 16.5. The van der Waals surface area contributed by atoms with Crippen LogP contribution in [0.2, 0.25) is 0 Å². The van der Waals surface area contributed by atoms with E-state index in [4.69, 9.17) is 15.2 Å². The number of hydrogen-bond acceptors (Lipinski definition) is 3. The van der Waals surface area contributed by atoms with E-state index in [9.17, 15) is 0 Å². The minimum absolute atomic E-state index is 0.536. The molecule has 0 heterocycles. The Bertz CT molecular complexity index is 522. The molecule has 2 aliphatic carbocycles. The molecule has 19 heavy (non-hydrogen) atoms. The minimum Gasteiger partial charge on any atom is -0.496 e. The lowest BCUT2D eigenvalue weighted by Gasteiger charge is -2.22. The summed E-state index contributed by atoms with van der Waals surface area (Å²) in [4.78, 5) is 0. The molecule has 1 aromatic carbocycles. The van der Waals surface area contributed by atoms with Crippen molar-refractivity contribution in [3.05, 3.63) is 28.8 Å². The molecule has 3 rings (SSSR count). The van der Waals surface area contributed by atoms with Gasteiger partial charge in [0.15, 0.2) is 0 Å². The summed E-state index contributed by atoms with van der Waals surface area (Å²) in [6.45, 7) is 0.536. The van der Waals surface area contributed by atoms with E-state index < -0.39 is 0 Å². The molecular formula is C16H21NO2. The van der Waals surface area contributed by atoms with Crippen molar-refractivity contribution in [3.8, 4) is 11.5 Å². The maximum atomic E-state index is 5.69. The summed E-state index contributed by atoms with van der Waals surface area (Å²) in [6.07, 6.45) is 7.81. The third kappa shape index (κ3) is 1.84. The van der Waals surface area contributed by atoms with E-state index in [1.807, 2.05) is 12.2 Å². The normalized spacial score (nSPS) is 23.9. The average Bonchev–Trinajstić information content (AvgIpc) is 3.05. The van der Waals surface area contributed by atoms with E-state index in [1.165, 1.54) is 30.4 Å². The van der Waals surface area contributed by atoms with Gasteiger partial charge in [-0.15, -0.1) is 0 Å². The summed E-state index contributed by atoms with van der Waals surface area (Å²) in [5.74, 6) is 3.35. The van der Waals surface area contributed by atoms with Crippen LogP contribution in [0.4, 0.5) is 0 Å². The Labute approximate surface area is 114 Å². The van der Waals surface area contributed by atoms with Gasteiger partial charge >= 0.3 is 0 Å². The van der Waals surface area contributed by atoms with Crippen LogP contribution in [-0.2, 0) is 0 Å². The molecule has 0 amide bonds. The summed E-state index contributed by atoms with van der Waals surface area (Å²) in [6, 6.07) is 2.09. The molecule has 2 atom stereocenters. The first kappa shape index (κ1) is 12.5. The molecule has 0 radical (unpaired) electrons. The third-order valence-electron chi connectivity index (χ3n) is 4.46. The van der Waals surface area contributed by atoms with Crippen LogP contribution < -0.4 is 15.2 Å². The zero-order chi connectivity index (χ0) is 13.4. The predicted octanol–water partition coefficient (Wildman–Crippen LogP) is 3.04. The van der Waals surface area contributed by atoms with Gasteiger partial charge in [0.1, 0.15) is 11.5 Å². The van der Waals surface area contributed by atoms with Gasteiger partial charge in [0.05, 0.1) is 14.2 Å². The molecule has 1 saturated carbocycles. The molecule has 102 valence electrons. The molecule has 0 aliphatic heterocycles. The zero-order valence-corrected chi connectivity index (χ0v) is 11.6. The lowest BCUT2D eigenvalue weighted by Crippen LogP contribution is -2.05. The first-order chi connectivity index (χ1) is 9.30. The smallest absolute Gasteiger partial charge is 0.130 e. The summed E-state index contributed by atoms with van der Waals surface area (Å²) in [5, 5.41) is 0. The van der Waals surface area contributed by atoms with Crippen molar-refractivity contribution in [2.24, 2.45) is 5.73 Å². The van der Waals surface area contributed by atoms with Gasteiger partial charge in [-0.2, -0.15) is 0 Å². The van der Waals surface area contributed by atoms with Gasteiger partial charge in [0, 0.05) is 23.2 Å². The SMILES string of the molecule is COc1cc(/C=C/CN)c(OC)c2c1C1CCC2C1. The number of hydrogen-bond donors (Lipinski definition) is 1. The molecule has 2 bridgehead atoms. The molecule has 2 aliphatic rings. The van der Waals surface area contributed by atoms with Crippen LogP contribution in [0, 0.1) is 0 Å².